The van der Waals surface area contributed by atoms with Crippen LogP contribution in [0.25, 0.3) is 0 Å². The molecule has 1 aromatic heterocycles. The lowest BCUT2D eigenvalue weighted by Crippen LogP contribution is -2.61. The summed E-state index contributed by atoms with van der Waals surface area (Å²) in [5.74, 6) is 0. The lowest BCUT2D eigenvalue weighted by Gasteiger charge is -2.53. The molecule has 0 bridgehead atoms. The fourth-order valence-corrected chi connectivity index (χ4v) is 4.75. The van der Waals surface area contributed by atoms with Crippen molar-refractivity contribution in [1.29, 1.82) is 0 Å². The number of pyridine rings is 1. The van der Waals surface area contributed by atoms with Crippen LogP contribution in [0.4, 0.5) is 0 Å². The Balaban J connectivity index is 1.74. The van der Waals surface area contributed by atoms with Crippen LogP contribution in [0.3, 0.4) is 0 Å². The Hall–Kier alpha value is -0.970. The molecule has 0 aromatic carbocycles. The molecule has 3 aliphatic heterocycles. The average molecular weight is 316 g/mol. The standard InChI is InChI=1S/C19H28N2O2/c1-4-12-20-16(8-1)19(17-9-7-15-22-17)11-3-5-13-21(19)18-10-2-6-14-23-18/h1,4,8,12,17-18H,2-3,5-7,9-11,13-15H2. The fourth-order valence-electron chi connectivity index (χ4n) is 4.75. The van der Waals surface area contributed by atoms with E-state index in [-0.39, 0.29) is 17.9 Å². The monoisotopic (exact) mass is 316 g/mol. The fraction of sp³-hybridized carbons (Fsp3) is 0.737. The van der Waals surface area contributed by atoms with Crippen molar-refractivity contribution in [2.24, 2.45) is 0 Å². The molecular formula is C19H28N2O2. The van der Waals surface area contributed by atoms with Crippen molar-refractivity contribution in [1.82, 2.24) is 9.88 Å². The Labute approximate surface area is 139 Å². The maximum atomic E-state index is 6.23. The van der Waals surface area contributed by atoms with Gasteiger partial charge in [-0.2, -0.15) is 0 Å². The lowest BCUT2D eigenvalue weighted by molar-refractivity contribution is -0.179. The minimum absolute atomic E-state index is 0.0992. The summed E-state index contributed by atoms with van der Waals surface area (Å²) in [5, 5.41) is 0. The van der Waals surface area contributed by atoms with Gasteiger partial charge in [-0.3, -0.25) is 9.88 Å². The second-order valence-corrected chi connectivity index (χ2v) is 7.11. The van der Waals surface area contributed by atoms with Gasteiger partial charge in [-0.15, -0.1) is 0 Å². The molecule has 4 heteroatoms. The molecule has 0 radical (unpaired) electrons. The first-order valence-electron chi connectivity index (χ1n) is 9.33. The quantitative estimate of drug-likeness (QED) is 0.855. The van der Waals surface area contributed by atoms with Gasteiger partial charge >= 0.3 is 0 Å². The highest BCUT2D eigenvalue weighted by Gasteiger charge is 2.52. The molecule has 0 spiro atoms. The van der Waals surface area contributed by atoms with Crippen LogP contribution in [0.1, 0.15) is 57.1 Å². The van der Waals surface area contributed by atoms with Crippen molar-refractivity contribution in [3.8, 4) is 0 Å². The highest BCUT2D eigenvalue weighted by Crippen LogP contribution is 2.46. The first-order valence-corrected chi connectivity index (χ1v) is 9.33. The first-order chi connectivity index (χ1) is 11.4. The van der Waals surface area contributed by atoms with Gasteiger partial charge in [0.25, 0.3) is 0 Å². The summed E-state index contributed by atoms with van der Waals surface area (Å²) in [6, 6.07) is 6.33. The topological polar surface area (TPSA) is 34.6 Å². The van der Waals surface area contributed by atoms with Crippen LogP contribution in [0.5, 0.6) is 0 Å². The van der Waals surface area contributed by atoms with Crippen LogP contribution in [0.15, 0.2) is 24.4 Å². The summed E-state index contributed by atoms with van der Waals surface area (Å²) in [7, 11) is 0. The van der Waals surface area contributed by atoms with E-state index in [0.29, 0.717) is 0 Å². The number of likely N-dealkylation sites (tertiary alicyclic amines) is 1. The summed E-state index contributed by atoms with van der Waals surface area (Å²) in [4.78, 5) is 7.41. The van der Waals surface area contributed by atoms with Crippen LogP contribution in [0, 0.1) is 0 Å². The lowest BCUT2D eigenvalue weighted by atomic mass is 9.77. The molecule has 3 fully saturated rings. The van der Waals surface area contributed by atoms with Crippen molar-refractivity contribution in [2.75, 3.05) is 19.8 Å². The van der Waals surface area contributed by atoms with Crippen molar-refractivity contribution in [2.45, 2.75) is 69.2 Å². The van der Waals surface area contributed by atoms with E-state index in [1.807, 2.05) is 12.3 Å². The third-order valence-electron chi connectivity index (χ3n) is 5.79. The maximum absolute atomic E-state index is 6.23. The maximum Gasteiger partial charge on any atom is 0.111 e. The molecule has 0 amide bonds. The van der Waals surface area contributed by atoms with Crippen LogP contribution in [0.2, 0.25) is 0 Å². The van der Waals surface area contributed by atoms with Crippen LogP contribution in [-0.2, 0) is 15.0 Å². The van der Waals surface area contributed by atoms with E-state index in [9.17, 15) is 0 Å². The second-order valence-electron chi connectivity index (χ2n) is 7.11. The van der Waals surface area contributed by atoms with Crippen LogP contribution < -0.4 is 0 Å². The number of ether oxygens (including phenoxy) is 2. The molecule has 0 aliphatic carbocycles. The number of rotatable bonds is 3. The van der Waals surface area contributed by atoms with Gasteiger partial charge in [-0.25, -0.2) is 0 Å². The molecular weight excluding hydrogens is 288 g/mol. The van der Waals surface area contributed by atoms with E-state index in [0.717, 1.165) is 39.0 Å². The summed E-state index contributed by atoms with van der Waals surface area (Å²) in [5.41, 5.74) is 1.08. The molecule has 4 nitrogen and oxygen atoms in total. The number of hydrogen-bond donors (Lipinski definition) is 0. The number of nitrogens with zero attached hydrogens (tertiary/aromatic N) is 2. The van der Waals surface area contributed by atoms with Gasteiger partial charge in [0.05, 0.1) is 17.3 Å². The van der Waals surface area contributed by atoms with Gasteiger partial charge in [-0.1, -0.05) is 6.07 Å². The molecule has 3 unspecified atom stereocenters. The predicted octanol–water partition coefficient (Wildman–Crippen LogP) is 3.47. The summed E-state index contributed by atoms with van der Waals surface area (Å²) in [6.07, 6.45) is 12.0. The van der Waals surface area contributed by atoms with Gasteiger partial charge in [0.2, 0.25) is 0 Å². The predicted molar refractivity (Wildman–Crippen MR) is 89.0 cm³/mol. The Morgan fingerprint density at radius 1 is 1.00 bits per heavy atom. The highest BCUT2D eigenvalue weighted by molar-refractivity contribution is 5.21. The number of piperidine rings is 1. The van der Waals surface area contributed by atoms with E-state index in [1.165, 1.54) is 37.8 Å². The Kier molecular flexibility index (Phi) is 4.65. The Bertz CT molecular complexity index is 497. The van der Waals surface area contributed by atoms with E-state index in [1.54, 1.807) is 0 Å². The second kappa shape index (κ2) is 6.88. The molecule has 3 atom stereocenters. The molecule has 0 saturated carbocycles. The molecule has 4 rings (SSSR count). The van der Waals surface area contributed by atoms with E-state index in [2.05, 4.69) is 17.0 Å². The summed E-state index contributed by atoms with van der Waals surface area (Å²) < 4.78 is 12.4. The molecule has 23 heavy (non-hydrogen) atoms. The molecule has 1 aromatic rings. The molecule has 3 saturated heterocycles. The summed E-state index contributed by atoms with van der Waals surface area (Å²) in [6.45, 7) is 2.88. The summed E-state index contributed by atoms with van der Waals surface area (Å²) >= 11 is 0. The van der Waals surface area contributed by atoms with Crippen LogP contribution in [-0.4, -0.2) is 42.0 Å². The van der Waals surface area contributed by atoms with E-state index < -0.39 is 0 Å². The third-order valence-corrected chi connectivity index (χ3v) is 5.79. The zero-order chi connectivity index (χ0) is 15.5. The normalized spacial score (nSPS) is 36.2. The average Bonchev–Trinajstić information content (AvgIpc) is 3.18. The SMILES string of the molecule is c1ccc(C2(C3CCCO3)CCCCN2C2CCCCO2)nc1. The molecule has 0 N–H and O–H groups in total. The van der Waals surface area contributed by atoms with Gasteiger partial charge < -0.3 is 9.47 Å². The smallest absolute Gasteiger partial charge is 0.111 e. The van der Waals surface area contributed by atoms with E-state index in [4.69, 9.17) is 14.5 Å². The number of hydrogen-bond acceptors (Lipinski definition) is 4. The van der Waals surface area contributed by atoms with Gasteiger partial charge in [0.15, 0.2) is 0 Å². The van der Waals surface area contributed by atoms with Crippen molar-refractivity contribution >= 4 is 0 Å². The van der Waals surface area contributed by atoms with Gasteiger partial charge in [0, 0.05) is 26.0 Å². The van der Waals surface area contributed by atoms with Crippen molar-refractivity contribution < 1.29 is 9.47 Å². The van der Waals surface area contributed by atoms with Crippen molar-refractivity contribution in [3.63, 3.8) is 0 Å². The van der Waals surface area contributed by atoms with Crippen LogP contribution >= 0.6 is 0 Å². The third kappa shape index (κ3) is 2.81. The van der Waals surface area contributed by atoms with Gasteiger partial charge in [-0.05, 0) is 63.5 Å². The van der Waals surface area contributed by atoms with Gasteiger partial charge in [0.1, 0.15) is 6.23 Å². The minimum Gasteiger partial charge on any atom is -0.376 e. The molecule has 3 aliphatic rings. The number of aromatic nitrogens is 1. The molecule has 4 heterocycles. The zero-order valence-corrected chi connectivity index (χ0v) is 14.0. The first kappa shape index (κ1) is 15.6. The molecule has 126 valence electrons. The minimum atomic E-state index is -0.0992. The Morgan fingerprint density at radius 2 is 1.96 bits per heavy atom. The highest BCUT2D eigenvalue weighted by atomic mass is 16.5. The largest absolute Gasteiger partial charge is 0.376 e. The van der Waals surface area contributed by atoms with Crippen molar-refractivity contribution in [3.05, 3.63) is 30.1 Å². The van der Waals surface area contributed by atoms with E-state index >= 15 is 0 Å². The zero-order valence-electron chi connectivity index (χ0n) is 14.0. The Morgan fingerprint density at radius 3 is 2.70 bits per heavy atom.